The minimum atomic E-state index is -0.866. The molecule has 4 atom stereocenters. The van der Waals surface area contributed by atoms with Gasteiger partial charge < -0.3 is 24.1 Å². The van der Waals surface area contributed by atoms with Crippen molar-refractivity contribution in [2.45, 2.75) is 43.9 Å². The molecule has 130 valence electrons. The molecule has 7 nitrogen and oxygen atoms in total. The zero-order valence-corrected chi connectivity index (χ0v) is 14.4. The molecule has 7 heteroatoms. The highest BCUT2D eigenvalue weighted by Crippen LogP contribution is 2.50. The smallest absolute Gasteiger partial charge is 0.256 e. The van der Waals surface area contributed by atoms with E-state index in [1.807, 2.05) is 19.1 Å². The van der Waals surface area contributed by atoms with Crippen LogP contribution in [0, 0.1) is 6.57 Å². The number of benzene rings is 1. The Bertz CT molecular complexity index is 817. The molecule has 0 bridgehead atoms. The molecule has 2 fully saturated rings. The van der Waals surface area contributed by atoms with Crippen molar-refractivity contribution in [3.8, 4) is 11.5 Å². The average Bonchev–Trinajstić information content (AvgIpc) is 3.20. The standard InChI is InChI=1S/C18H19N3O4/c1-10-16(22)21-12(17(23)20(10)4)8-18(2,19-3)15(21)11-5-6-13-14(7-11)25-9-24-13/h5-7,10,12,15H,8-9H2,1-2,4H3/t10-,12?,15?,18-/m0/s1. The van der Waals surface area contributed by atoms with Crippen molar-refractivity contribution in [2.24, 2.45) is 0 Å². The van der Waals surface area contributed by atoms with Crippen LogP contribution >= 0.6 is 0 Å². The number of carbonyl (C=O) groups is 2. The number of piperazine rings is 1. The summed E-state index contributed by atoms with van der Waals surface area (Å²) in [5, 5.41) is 0. The number of hydrogen-bond acceptors (Lipinski definition) is 4. The molecule has 3 aliphatic heterocycles. The van der Waals surface area contributed by atoms with Gasteiger partial charge in [-0.25, -0.2) is 6.57 Å². The molecule has 3 aliphatic rings. The lowest BCUT2D eigenvalue weighted by atomic mass is 9.87. The maximum absolute atomic E-state index is 13.0. The Morgan fingerprint density at radius 1 is 1.24 bits per heavy atom. The summed E-state index contributed by atoms with van der Waals surface area (Å²) in [5.74, 6) is 1.03. The normalized spacial score (nSPS) is 33.4. The summed E-state index contributed by atoms with van der Waals surface area (Å²) in [7, 11) is 1.64. The summed E-state index contributed by atoms with van der Waals surface area (Å²) < 4.78 is 10.8. The zero-order chi connectivity index (χ0) is 17.9. The summed E-state index contributed by atoms with van der Waals surface area (Å²) in [6.07, 6.45) is 0.331. The molecule has 0 radical (unpaired) electrons. The molecule has 2 saturated heterocycles. The lowest BCUT2D eigenvalue weighted by Gasteiger charge is -2.41. The van der Waals surface area contributed by atoms with Crippen LogP contribution in [0.1, 0.15) is 31.9 Å². The molecule has 0 saturated carbocycles. The fourth-order valence-corrected chi connectivity index (χ4v) is 4.09. The van der Waals surface area contributed by atoms with E-state index >= 15 is 0 Å². The van der Waals surface area contributed by atoms with Gasteiger partial charge in [0.1, 0.15) is 18.1 Å². The summed E-state index contributed by atoms with van der Waals surface area (Å²) >= 11 is 0. The molecule has 2 unspecified atom stereocenters. The third kappa shape index (κ3) is 2.03. The van der Waals surface area contributed by atoms with Crippen LogP contribution in [0.3, 0.4) is 0 Å². The van der Waals surface area contributed by atoms with Crippen molar-refractivity contribution >= 4 is 11.8 Å². The second kappa shape index (κ2) is 5.12. The summed E-state index contributed by atoms with van der Waals surface area (Å²) in [5.41, 5.74) is -0.0719. The van der Waals surface area contributed by atoms with Gasteiger partial charge in [-0.05, 0) is 24.6 Å². The summed E-state index contributed by atoms with van der Waals surface area (Å²) in [6.45, 7) is 11.4. The highest BCUT2D eigenvalue weighted by atomic mass is 16.7. The van der Waals surface area contributed by atoms with E-state index in [1.54, 1.807) is 24.9 Å². The highest BCUT2D eigenvalue weighted by molar-refractivity contribution is 5.97. The molecule has 0 aromatic heterocycles. The molecule has 1 aromatic carbocycles. The van der Waals surface area contributed by atoms with Crippen LogP contribution < -0.4 is 9.47 Å². The number of rotatable bonds is 1. The maximum atomic E-state index is 13.0. The van der Waals surface area contributed by atoms with Gasteiger partial charge in [0.05, 0.1) is 6.42 Å². The van der Waals surface area contributed by atoms with E-state index in [4.69, 9.17) is 16.0 Å². The molecule has 25 heavy (non-hydrogen) atoms. The van der Waals surface area contributed by atoms with Crippen LogP contribution in [0.4, 0.5) is 0 Å². The van der Waals surface area contributed by atoms with Gasteiger partial charge in [0.25, 0.3) is 5.54 Å². The Hall–Kier alpha value is -2.75. The monoisotopic (exact) mass is 341 g/mol. The highest BCUT2D eigenvalue weighted by Gasteiger charge is 2.62. The topological polar surface area (TPSA) is 63.4 Å². The van der Waals surface area contributed by atoms with Crippen molar-refractivity contribution in [3.05, 3.63) is 35.2 Å². The molecule has 0 aliphatic carbocycles. The number of fused-ring (bicyclic) bond motifs is 2. The van der Waals surface area contributed by atoms with Crippen LogP contribution in [0.2, 0.25) is 0 Å². The predicted molar refractivity (Wildman–Crippen MR) is 87.8 cm³/mol. The van der Waals surface area contributed by atoms with E-state index < -0.39 is 23.7 Å². The van der Waals surface area contributed by atoms with E-state index in [-0.39, 0.29) is 18.6 Å². The second-order valence-corrected chi connectivity index (χ2v) is 7.07. The Morgan fingerprint density at radius 3 is 2.68 bits per heavy atom. The van der Waals surface area contributed by atoms with Crippen LogP contribution in [-0.4, -0.2) is 53.1 Å². The Morgan fingerprint density at radius 2 is 1.96 bits per heavy atom. The van der Waals surface area contributed by atoms with Crippen LogP contribution in [0.5, 0.6) is 11.5 Å². The number of amides is 2. The zero-order valence-electron chi connectivity index (χ0n) is 14.4. The first-order valence-corrected chi connectivity index (χ1v) is 8.24. The fraction of sp³-hybridized carbons (Fsp3) is 0.500. The average molecular weight is 341 g/mol. The number of carbonyl (C=O) groups excluding carboxylic acids is 2. The van der Waals surface area contributed by atoms with Crippen LogP contribution in [0.25, 0.3) is 4.85 Å². The van der Waals surface area contributed by atoms with Crippen LogP contribution in [-0.2, 0) is 9.59 Å². The molecule has 3 heterocycles. The summed E-state index contributed by atoms with van der Waals surface area (Å²) in [6, 6.07) is 3.85. The third-order valence-electron chi connectivity index (χ3n) is 5.60. The van der Waals surface area contributed by atoms with Gasteiger partial charge >= 0.3 is 0 Å². The van der Waals surface area contributed by atoms with Gasteiger partial charge in [-0.3, -0.25) is 9.59 Å². The van der Waals surface area contributed by atoms with Gasteiger partial charge in [0, 0.05) is 14.0 Å². The van der Waals surface area contributed by atoms with Crippen molar-refractivity contribution in [3.63, 3.8) is 0 Å². The Kier molecular flexibility index (Phi) is 3.23. The number of likely N-dealkylation sites (N-methyl/N-ethyl adjacent to an activating group) is 1. The first-order chi connectivity index (χ1) is 11.9. The largest absolute Gasteiger partial charge is 0.454 e. The minimum absolute atomic E-state index is 0.106. The quantitative estimate of drug-likeness (QED) is 0.728. The summed E-state index contributed by atoms with van der Waals surface area (Å²) in [4.78, 5) is 32.6. The minimum Gasteiger partial charge on any atom is -0.454 e. The molecule has 4 rings (SSSR count). The predicted octanol–water partition coefficient (Wildman–Crippen LogP) is 1.60. The van der Waals surface area contributed by atoms with Gasteiger partial charge in [0.2, 0.25) is 18.6 Å². The van der Waals surface area contributed by atoms with Crippen LogP contribution in [0.15, 0.2) is 18.2 Å². The molecular weight excluding hydrogens is 322 g/mol. The van der Waals surface area contributed by atoms with Crippen molar-refractivity contribution < 1.29 is 19.1 Å². The third-order valence-corrected chi connectivity index (χ3v) is 5.60. The lowest BCUT2D eigenvalue weighted by molar-refractivity contribution is -0.159. The van der Waals surface area contributed by atoms with E-state index in [0.717, 1.165) is 5.56 Å². The number of ether oxygens (including phenoxy) is 2. The van der Waals surface area contributed by atoms with E-state index in [2.05, 4.69) is 4.85 Å². The Balaban J connectivity index is 1.83. The first-order valence-electron chi connectivity index (χ1n) is 8.24. The second-order valence-electron chi connectivity index (χ2n) is 7.07. The molecule has 0 spiro atoms. The SMILES string of the molecule is [C-]#[N+][C@@]1(C)CC2C(=O)N(C)[C@@H](C)C(=O)N2C1c1ccc2c(c1)OCO2. The molecule has 0 N–H and O–H groups in total. The lowest BCUT2D eigenvalue weighted by Crippen LogP contribution is -2.60. The van der Waals surface area contributed by atoms with Gasteiger partial charge in [-0.15, -0.1) is 0 Å². The Labute approximate surface area is 145 Å². The molecular formula is C18H19N3O4. The van der Waals surface area contributed by atoms with Gasteiger partial charge in [-0.1, -0.05) is 6.07 Å². The van der Waals surface area contributed by atoms with Crippen molar-refractivity contribution in [1.82, 2.24) is 9.80 Å². The maximum Gasteiger partial charge on any atom is 0.256 e. The first kappa shape index (κ1) is 15.8. The molecule has 2 amide bonds. The van der Waals surface area contributed by atoms with Gasteiger partial charge in [0.15, 0.2) is 11.5 Å². The van der Waals surface area contributed by atoms with E-state index in [0.29, 0.717) is 17.9 Å². The number of nitrogens with zero attached hydrogens (tertiary/aromatic N) is 3. The van der Waals surface area contributed by atoms with Crippen molar-refractivity contribution in [1.29, 1.82) is 0 Å². The van der Waals surface area contributed by atoms with Crippen molar-refractivity contribution in [2.75, 3.05) is 13.8 Å². The fourth-order valence-electron chi connectivity index (χ4n) is 4.09. The van der Waals surface area contributed by atoms with E-state index in [1.165, 1.54) is 4.90 Å². The number of hydrogen-bond donors (Lipinski definition) is 0. The molecule has 1 aromatic rings. The van der Waals surface area contributed by atoms with E-state index in [9.17, 15) is 9.59 Å². The van der Waals surface area contributed by atoms with Gasteiger partial charge in [-0.2, -0.15) is 0 Å².